The fourth-order valence-electron chi connectivity index (χ4n) is 3.61. The first-order valence-electron chi connectivity index (χ1n) is 9.12. The summed E-state index contributed by atoms with van der Waals surface area (Å²) in [6, 6.07) is 5.40. The molecular weight excluding hydrogens is 360 g/mol. The van der Waals surface area contributed by atoms with Crippen LogP contribution in [0.4, 0.5) is 0 Å². The number of nitrogens with zero attached hydrogens (tertiary/aromatic N) is 2. The quantitative estimate of drug-likeness (QED) is 0.603. The summed E-state index contributed by atoms with van der Waals surface area (Å²) in [5.41, 5.74) is 2.81. The van der Waals surface area contributed by atoms with E-state index in [0.717, 1.165) is 28.6 Å². The number of Topliss-reactive ketones (excluding diaryl/α,β-unsaturated/α-hetero) is 1. The molecule has 0 spiro atoms. The maximum Gasteiger partial charge on any atom is 0.225 e. The number of ketones is 1. The van der Waals surface area contributed by atoms with Gasteiger partial charge in [0.2, 0.25) is 5.88 Å². The summed E-state index contributed by atoms with van der Waals surface area (Å²) < 4.78 is 11.5. The summed E-state index contributed by atoms with van der Waals surface area (Å²) >= 11 is 1.75. The number of carbonyl (C=O) groups excluding carboxylic acids is 1. The lowest BCUT2D eigenvalue weighted by atomic mass is 9.89. The van der Waals surface area contributed by atoms with E-state index < -0.39 is 0 Å². The second-order valence-electron chi connectivity index (χ2n) is 7.08. The van der Waals surface area contributed by atoms with Crippen molar-refractivity contribution in [3.63, 3.8) is 0 Å². The van der Waals surface area contributed by atoms with Crippen LogP contribution in [0.2, 0.25) is 0 Å². The average molecular weight is 382 g/mol. The lowest BCUT2D eigenvalue weighted by molar-refractivity contribution is 0.101. The SMILES string of the molecule is COc1ccc(C(C)=O)cc1COc1ncnc2sc3c(c12)CC[C@@H](C)C3. The first kappa shape index (κ1) is 17.9. The van der Waals surface area contributed by atoms with E-state index in [0.29, 0.717) is 23.1 Å². The molecule has 0 unspecified atom stereocenters. The predicted molar refractivity (Wildman–Crippen MR) is 106 cm³/mol. The number of thiophene rings is 1. The van der Waals surface area contributed by atoms with Gasteiger partial charge in [-0.05, 0) is 55.9 Å². The Balaban J connectivity index is 1.67. The highest BCUT2D eigenvalue weighted by Crippen LogP contribution is 2.40. The molecule has 0 radical (unpaired) electrons. The minimum absolute atomic E-state index is 0.0179. The molecule has 0 aliphatic heterocycles. The van der Waals surface area contributed by atoms with E-state index in [-0.39, 0.29) is 12.4 Å². The molecule has 0 N–H and O–H groups in total. The van der Waals surface area contributed by atoms with Gasteiger partial charge in [0.1, 0.15) is 23.5 Å². The Morgan fingerprint density at radius 3 is 2.96 bits per heavy atom. The Bertz CT molecular complexity index is 1010. The van der Waals surface area contributed by atoms with Crippen molar-refractivity contribution in [3.05, 3.63) is 46.1 Å². The molecular formula is C21H22N2O3S. The maximum atomic E-state index is 11.7. The monoisotopic (exact) mass is 382 g/mol. The van der Waals surface area contributed by atoms with E-state index in [9.17, 15) is 4.79 Å². The van der Waals surface area contributed by atoms with Crippen molar-refractivity contribution in [1.82, 2.24) is 9.97 Å². The van der Waals surface area contributed by atoms with Crippen molar-refractivity contribution in [2.45, 2.75) is 39.7 Å². The number of fused-ring (bicyclic) bond motifs is 3. The highest BCUT2D eigenvalue weighted by atomic mass is 32.1. The van der Waals surface area contributed by atoms with E-state index in [4.69, 9.17) is 9.47 Å². The van der Waals surface area contributed by atoms with Gasteiger partial charge in [-0.1, -0.05) is 6.92 Å². The molecule has 0 amide bonds. The number of aromatic nitrogens is 2. The third-order valence-electron chi connectivity index (χ3n) is 5.11. The third kappa shape index (κ3) is 3.41. The summed E-state index contributed by atoms with van der Waals surface area (Å²) in [6.07, 6.45) is 4.89. The first-order chi connectivity index (χ1) is 13.1. The van der Waals surface area contributed by atoms with Gasteiger partial charge in [0.15, 0.2) is 5.78 Å². The molecule has 140 valence electrons. The number of carbonyl (C=O) groups is 1. The van der Waals surface area contributed by atoms with Crippen LogP contribution in [0.1, 0.15) is 46.6 Å². The molecule has 3 aromatic rings. The lowest BCUT2D eigenvalue weighted by Crippen LogP contribution is -2.09. The molecule has 0 fully saturated rings. The molecule has 5 nitrogen and oxygen atoms in total. The fraction of sp³-hybridized carbons (Fsp3) is 0.381. The van der Waals surface area contributed by atoms with Gasteiger partial charge in [0.05, 0.1) is 12.5 Å². The number of hydrogen-bond donors (Lipinski definition) is 0. The van der Waals surface area contributed by atoms with Crippen molar-refractivity contribution in [3.8, 4) is 11.6 Å². The third-order valence-corrected chi connectivity index (χ3v) is 6.27. The predicted octanol–water partition coefficient (Wildman–Crippen LogP) is 4.61. The molecule has 6 heteroatoms. The molecule has 2 heterocycles. The van der Waals surface area contributed by atoms with Gasteiger partial charge in [-0.25, -0.2) is 9.97 Å². The smallest absolute Gasteiger partial charge is 0.225 e. The van der Waals surface area contributed by atoms with Gasteiger partial charge in [0.25, 0.3) is 0 Å². The highest BCUT2D eigenvalue weighted by molar-refractivity contribution is 7.18. The van der Waals surface area contributed by atoms with Crippen LogP contribution >= 0.6 is 11.3 Å². The van der Waals surface area contributed by atoms with Crippen LogP contribution < -0.4 is 9.47 Å². The zero-order valence-electron chi connectivity index (χ0n) is 15.7. The van der Waals surface area contributed by atoms with E-state index in [1.807, 2.05) is 6.07 Å². The zero-order chi connectivity index (χ0) is 19.0. The molecule has 1 aliphatic rings. The number of ether oxygens (including phenoxy) is 2. The molecule has 0 bridgehead atoms. The molecule has 0 saturated carbocycles. The van der Waals surface area contributed by atoms with Crippen LogP contribution in [0, 0.1) is 5.92 Å². The first-order valence-corrected chi connectivity index (χ1v) is 9.94. The Morgan fingerprint density at radius 2 is 2.19 bits per heavy atom. The number of methoxy groups -OCH3 is 1. The van der Waals surface area contributed by atoms with E-state index in [1.54, 1.807) is 43.8 Å². The number of hydrogen-bond acceptors (Lipinski definition) is 6. The van der Waals surface area contributed by atoms with Gasteiger partial charge >= 0.3 is 0 Å². The maximum absolute atomic E-state index is 11.7. The number of rotatable bonds is 5. The van der Waals surface area contributed by atoms with Gasteiger partial charge in [-0.15, -0.1) is 11.3 Å². The van der Waals surface area contributed by atoms with Crippen molar-refractivity contribution in [2.24, 2.45) is 5.92 Å². The highest BCUT2D eigenvalue weighted by Gasteiger charge is 2.23. The Labute approximate surface area is 162 Å². The van der Waals surface area contributed by atoms with Gasteiger partial charge < -0.3 is 9.47 Å². The second kappa shape index (κ2) is 7.27. The van der Waals surface area contributed by atoms with Crippen molar-refractivity contribution in [2.75, 3.05) is 7.11 Å². The van der Waals surface area contributed by atoms with Crippen LogP contribution in [-0.4, -0.2) is 22.9 Å². The molecule has 2 aromatic heterocycles. The molecule has 1 atom stereocenters. The summed E-state index contributed by atoms with van der Waals surface area (Å²) in [7, 11) is 1.62. The minimum Gasteiger partial charge on any atom is -0.496 e. The molecule has 27 heavy (non-hydrogen) atoms. The molecule has 0 saturated heterocycles. The largest absolute Gasteiger partial charge is 0.496 e. The second-order valence-corrected chi connectivity index (χ2v) is 8.17. The summed E-state index contributed by atoms with van der Waals surface area (Å²) in [4.78, 5) is 23.0. The Kier molecular flexibility index (Phi) is 4.83. The Hall–Kier alpha value is -2.47. The molecule has 1 aromatic carbocycles. The molecule has 1 aliphatic carbocycles. The van der Waals surface area contributed by atoms with Crippen LogP contribution in [0.5, 0.6) is 11.6 Å². The van der Waals surface area contributed by atoms with Crippen LogP contribution in [0.25, 0.3) is 10.2 Å². The van der Waals surface area contributed by atoms with Crippen molar-refractivity contribution in [1.29, 1.82) is 0 Å². The fourth-order valence-corrected chi connectivity index (χ4v) is 4.95. The van der Waals surface area contributed by atoms with E-state index in [1.165, 1.54) is 16.9 Å². The lowest BCUT2D eigenvalue weighted by Gasteiger charge is -2.18. The summed E-state index contributed by atoms with van der Waals surface area (Å²) in [6.45, 7) is 4.14. The Morgan fingerprint density at radius 1 is 1.33 bits per heavy atom. The van der Waals surface area contributed by atoms with Gasteiger partial charge in [-0.2, -0.15) is 0 Å². The van der Waals surface area contributed by atoms with Crippen LogP contribution in [0.3, 0.4) is 0 Å². The number of benzene rings is 1. The van der Waals surface area contributed by atoms with E-state index in [2.05, 4.69) is 16.9 Å². The topological polar surface area (TPSA) is 61.3 Å². The van der Waals surface area contributed by atoms with Crippen molar-refractivity contribution >= 4 is 27.3 Å². The van der Waals surface area contributed by atoms with Gasteiger partial charge in [-0.3, -0.25) is 4.79 Å². The summed E-state index contributed by atoms with van der Waals surface area (Å²) in [5.74, 6) is 2.04. The normalized spacial score (nSPS) is 16.2. The van der Waals surface area contributed by atoms with Gasteiger partial charge in [0, 0.05) is 16.0 Å². The zero-order valence-corrected chi connectivity index (χ0v) is 16.6. The van der Waals surface area contributed by atoms with E-state index >= 15 is 0 Å². The van der Waals surface area contributed by atoms with Crippen LogP contribution in [0.15, 0.2) is 24.5 Å². The van der Waals surface area contributed by atoms with Crippen molar-refractivity contribution < 1.29 is 14.3 Å². The standard InChI is InChI=1S/C21H22N2O3S/c1-12-4-6-16-18(8-12)27-21-19(16)20(22-11-23-21)26-10-15-9-14(13(2)24)5-7-17(15)25-3/h5,7,9,11-12H,4,6,8,10H2,1-3H3/t12-/m1/s1. The number of aryl methyl sites for hydroxylation is 1. The average Bonchev–Trinajstić information content (AvgIpc) is 3.03. The van der Waals surface area contributed by atoms with Crippen LogP contribution in [-0.2, 0) is 19.4 Å². The minimum atomic E-state index is 0.0179. The summed E-state index contributed by atoms with van der Waals surface area (Å²) in [5, 5.41) is 1.05. The molecule has 4 rings (SSSR count).